The molecule has 1 saturated heterocycles. The van der Waals surface area contributed by atoms with Crippen LogP contribution in [0.3, 0.4) is 0 Å². The molecule has 0 radical (unpaired) electrons. The molecule has 0 aliphatic carbocycles. The number of ether oxygens (including phenoxy) is 1. The summed E-state index contributed by atoms with van der Waals surface area (Å²) in [4.78, 5) is 14.5. The van der Waals surface area contributed by atoms with Crippen LogP contribution >= 0.6 is 0 Å². The van der Waals surface area contributed by atoms with Crippen LogP contribution in [-0.4, -0.2) is 50.8 Å². The lowest BCUT2D eigenvalue weighted by Gasteiger charge is -2.30. The van der Waals surface area contributed by atoms with Crippen molar-refractivity contribution in [2.75, 3.05) is 39.9 Å². The maximum atomic E-state index is 12.9. The highest BCUT2D eigenvalue weighted by Gasteiger charge is 2.31. The van der Waals surface area contributed by atoms with Gasteiger partial charge < -0.3 is 20.3 Å². The molecule has 2 N–H and O–H groups in total. The predicted octanol–water partition coefficient (Wildman–Crippen LogP) is 3.42. The molecule has 27 heavy (non-hydrogen) atoms. The van der Waals surface area contributed by atoms with Crippen LogP contribution in [-0.2, 0) is 10.9 Å². The molecule has 1 aromatic carbocycles. The Kier molecular flexibility index (Phi) is 7.91. The van der Waals surface area contributed by atoms with Crippen molar-refractivity contribution in [1.29, 1.82) is 0 Å². The molecule has 1 heterocycles. The predicted molar refractivity (Wildman–Crippen MR) is 97.4 cm³/mol. The Hall–Kier alpha value is -1.80. The lowest BCUT2D eigenvalue weighted by atomic mass is 9.99. The topological polar surface area (TPSA) is 53.6 Å². The van der Waals surface area contributed by atoms with Crippen molar-refractivity contribution in [2.45, 2.75) is 32.0 Å². The van der Waals surface area contributed by atoms with Gasteiger partial charge in [-0.15, -0.1) is 0 Å². The number of likely N-dealkylation sites (tertiary alicyclic amines) is 1. The number of benzene rings is 1. The molecule has 1 unspecified atom stereocenters. The number of hydrogen-bond acceptors (Lipinski definition) is 3. The van der Waals surface area contributed by atoms with E-state index in [1.54, 1.807) is 6.07 Å². The van der Waals surface area contributed by atoms with E-state index in [1.165, 1.54) is 13.2 Å². The van der Waals surface area contributed by atoms with Crippen molar-refractivity contribution >= 4 is 6.03 Å². The lowest BCUT2D eigenvalue weighted by Crippen LogP contribution is -2.44. The van der Waals surface area contributed by atoms with Crippen molar-refractivity contribution in [3.8, 4) is 0 Å². The molecule has 0 aromatic heterocycles. The van der Waals surface area contributed by atoms with Gasteiger partial charge in [-0.25, -0.2) is 4.79 Å². The van der Waals surface area contributed by atoms with Gasteiger partial charge in [-0.3, -0.25) is 0 Å². The molecule has 1 atom stereocenters. The zero-order valence-electron chi connectivity index (χ0n) is 15.8. The lowest BCUT2D eigenvalue weighted by molar-refractivity contribution is -0.137. The summed E-state index contributed by atoms with van der Waals surface area (Å²) in [5.41, 5.74) is -0.394. The van der Waals surface area contributed by atoms with Gasteiger partial charge >= 0.3 is 12.2 Å². The zero-order chi connectivity index (χ0) is 19.9. The van der Waals surface area contributed by atoms with Gasteiger partial charge in [0.05, 0.1) is 18.2 Å². The third-order valence-electron chi connectivity index (χ3n) is 4.84. The minimum Gasteiger partial charge on any atom is -0.382 e. The van der Waals surface area contributed by atoms with E-state index in [4.69, 9.17) is 4.74 Å². The fourth-order valence-electron chi connectivity index (χ4n) is 3.14. The van der Waals surface area contributed by atoms with Gasteiger partial charge in [0.2, 0.25) is 0 Å². The van der Waals surface area contributed by atoms with Crippen LogP contribution in [0, 0.1) is 5.92 Å². The number of alkyl halides is 3. The van der Waals surface area contributed by atoms with E-state index < -0.39 is 23.8 Å². The van der Waals surface area contributed by atoms with Gasteiger partial charge in [0.15, 0.2) is 0 Å². The highest BCUT2D eigenvalue weighted by Crippen LogP contribution is 2.30. The molecule has 2 rings (SSSR count). The molecule has 1 aliphatic rings. The minimum absolute atomic E-state index is 0.0821. The summed E-state index contributed by atoms with van der Waals surface area (Å²) < 4.78 is 43.8. The number of carbonyl (C=O) groups excluding carboxylic acids is 1. The van der Waals surface area contributed by atoms with Gasteiger partial charge in [0, 0.05) is 20.2 Å². The van der Waals surface area contributed by atoms with Crippen molar-refractivity contribution < 1.29 is 22.7 Å². The first-order valence-electron chi connectivity index (χ1n) is 9.22. The number of nitrogens with one attached hydrogen (secondary N) is 2. The number of carbonyl (C=O) groups is 1. The monoisotopic (exact) mass is 387 g/mol. The molecule has 1 fully saturated rings. The third kappa shape index (κ3) is 7.03. The fraction of sp³-hybridized carbons (Fsp3) is 0.632. The average molecular weight is 387 g/mol. The Morgan fingerprint density at radius 2 is 2.04 bits per heavy atom. The second-order valence-electron chi connectivity index (χ2n) is 7.06. The second-order valence-corrected chi connectivity index (χ2v) is 7.06. The van der Waals surface area contributed by atoms with Gasteiger partial charge in [0.25, 0.3) is 0 Å². The first kappa shape index (κ1) is 21.5. The van der Waals surface area contributed by atoms with Crippen LogP contribution < -0.4 is 10.6 Å². The van der Waals surface area contributed by atoms with Crippen molar-refractivity contribution in [3.05, 3.63) is 35.4 Å². The minimum atomic E-state index is -4.43. The SMILES string of the molecule is COCC(NC(=O)NCCN1CCC(C)CC1)c1cccc(C(F)(F)F)c1. The Labute approximate surface area is 158 Å². The summed E-state index contributed by atoms with van der Waals surface area (Å²) in [6.07, 6.45) is -2.10. The Balaban J connectivity index is 1.87. The fourth-order valence-corrected chi connectivity index (χ4v) is 3.14. The van der Waals surface area contributed by atoms with Gasteiger partial charge in [-0.1, -0.05) is 19.1 Å². The molecule has 1 aromatic rings. The molecule has 152 valence electrons. The number of amides is 2. The van der Waals surface area contributed by atoms with E-state index in [-0.39, 0.29) is 6.61 Å². The number of nitrogens with zero attached hydrogens (tertiary/aromatic N) is 1. The van der Waals surface area contributed by atoms with Gasteiger partial charge in [0.1, 0.15) is 0 Å². The Bertz CT molecular complexity index is 602. The molecule has 2 amide bonds. The summed E-state index contributed by atoms with van der Waals surface area (Å²) in [5, 5.41) is 5.47. The standard InChI is InChI=1S/C19H28F3N3O2/c1-14-6-9-25(10-7-14)11-8-23-18(26)24-17(13-27-2)15-4-3-5-16(12-15)19(20,21)22/h3-5,12,14,17H,6-11,13H2,1-2H3,(H2,23,24,26). The molecular formula is C19H28F3N3O2. The first-order valence-corrected chi connectivity index (χ1v) is 9.22. The maximum Gasteiger partial charge on any atom is 0.416 e. The largest absolute Gasteiger partial charge is 0.416 e. The van der Waals surface area contributed by atoms with Crippen LogP contribution in [0.4, 0.5) is 18.0 Å². The third-order valence-corrected chi connectivity index (χ3v) is 4.84. The molecule has 0 saturated carbocycles. The quantitative estimate of drug-likeness (QED) is 0.754. The summed E-state index contributed by atoms with van der Waals surface area (Å²) in [6, 6.07) is 3.85. The van der Waals surface area contributed by atoms with Crippen molar-refractivity contribution in [3.63, 3.8) is 0 Å². The van der Waals surface area contributed by atoms with E-state index in [0.29, 0.717) is 12.1 Å². The van der Waals surface area contributed by atoms with Gasteiger partial charge in [-0.2, -0.15) is 13.2 Å². The zero-order valence-corrected chi connectivity index (χ0v) is 15.8. The summed E-state index contributed by atoms with van der Waals surface area (Å²) in [7, 11) is 1.44. The number of methoxy groups -OCH3 is 1. The van der Waals surface area contributed by atoms with Crippen molar-refractivity contribution in [1.82, 2.24) is 15.5 Å². The van der Waals surface area contributed by atoms with E-state index in [2.05, 4.69) is 22.5 Å². The van der Waals surface area contributed by atoms with Crippen LogP contribution in [0.1, 0.15) is 36.9 Å². The highest BCUT2D eigenvalue weighted by molar-refractivity contribution is 5.74. The Morgan fingerprint density at radius 1 is 1.33 bits per heavy atom. The molecule has 0 spiro atoms. The number of piperidine rings is 1. The molecule has 0 bridgehead atoms. The smallest absolute Gasteiger partial charge is 0.382 e. The number of urea groups is 1. The van der Waals surface area contributed by atoms with E-state index in [9.17, 15) is 18.0 Å². The maximum absolute atomic E-state index is 12.9. The highest BCUT2D eigenvalue weighted by atomic mass is 19.4. The Morgan fingerprint density at radius 3 is 2.67 bits per heavy atom. The van der Waals surface area contributed by atoms with Gasteiger partial charge in [-0.05, 0) is 49.5 Å². The number of halogens is 3. The molecule has 8 heteroatoms. The van der Waals surface area contributed by atoms with E-state index >= 15 is 0 Å². The summed E-state index contributed by atoms with van der Waals surface area (Å²) in [6.45, 7) is 5.63. The van der Waals surface area contributed by atoms with Crippen LogP contribution in [0.2, 0.25) is 0 Å². The van der Waals surface area contributed by atoms with Crippen LogP contribution in [0.25, 0.3) is 0 Å². The molecule has 1 aliphatic heterocycles. The van der Waals surface area contributed by atoms with E-state index in [0.717, 1.165) is 50.5 Å². The summed E-state index contributed by atoms with van der Waals surface area (Å²) >= 11 is 0. The number of rotatable bonds is 7. The normalized spacial score (nSPS) is 17.5. The average Bonchev–Trinajstić information content (AvgIpc) is 2.62. The van der Waals surface area contributed by atoms with E-state index in [1.807, 2.05) is 0 Å². The second kappa shape index (κ2) is 9.94. The number of hydrogen-bond donors (Lipinski definition) is 2. The van der Waals surface area contributed by atoms with Crippen molar-refractivity contribution in [2.24, 2.45) is 5.92 Å². The first-order chi connectivity index (χ1) is 12.8. The molecular weight excluding hydrogens is 359 g/mol. The van der Waals surface area contributed by atoms with Crippen LogP contribution in [0.15, 0.2) is 24.3 Å². The summed E-state index contributed by atoms with van der Waals surface area (Å²) in [5.74, 6) is 0.750. The molecule has 5 nitrogen and oxygen atoms in total. The van der Waals surface area contributed by atoms with Crippen LogP contribution in [0.5, 0.6) is 0 Å².